The summed E-state index contributed by atoms with van der Waals surface area (Å²) in [6.07, 6.45) is 2.33. The Morgan fingerprint density at radius 3 is 1.97 bits per heavy atom. The molecule has 12 rings (SSSR count). The van der Waals surface area contributed by atoms with Crippen molar-refractivity contribution >= 4 is 73.3 Å². The normalized spacial score (nSPS) is 16.7. The molecule has 2 aliphatic carbocycles. The van der Waals surface area contributed by atoms with E-state index in [1.165, 1.54) is 99.4 Å². The van der Waals surface area contributed by atoms with Crippen molar-refractivity contribution in [1.29, 1.82) is 0 Å². The average molecular weight is 849 g/mol. The second-order valence-electron chi connectivity index (χ2n) is 23.7. The summed E-state index contributed by atoms with van der Waals surface area (Å²) in [5, 5.41) is 8.87. The van der Waals surface area contributed by atoms with Gasteiger partial charge in [0.15, 0.2) is 7.28 Å². The van der Waals surface area contributed by atoms with Crippen LogP contribution in [0.25, 0.3) is 71.7 Å². The number of hydrogen-bond donors (Lipinski definition) is 1. The van der Waals surface area contributed by atoms with Crippen molar-refractivity contribution in [2.45, 2.75) is 123 Å². The second-order valence-corrected chi connectivity index (χ2v) is 23.7. The fraction of sp³-hybridized carbons (Fsp3) is 0.311. The maximum atomic E-state index is 7.31. The van der Waals surface area contributed by atoms with Gasteiger partial charge in [0.25, 0.3) is 0 Å². The lowest BCUT2D eigenvalue weighted by atomic mass is 9.58. The summed E-state index contributed by atoms with van der Waals surface area (Å²) in [6, 6.07) is 44.3. The Bertz CT molecular complexity index is 3520. The van der Waals surface area contributed by atoms with E-state index in [-0.39, 0.29) is 27.1 Å². The number of fused-ring (bicyclic) bond motifs is 13. The summed E-state index contributed by atoms with van der Waals surface area (Å²) < 4.78 is 9.99. The maximum absolute atomic E-state index is 7.31. The van der Waals surface area contributed by atoms with E-state index in [0.29, 0.717) is 0 Å². The Morgan fingerprint density at radius 1 is 0.585 bits per heavy atom. The molecule has 7 aromatic carbocycles. The van der Waals surface area contributed by atoms with Gasteiger partial charge in [-0.3, -0.25) is 0 Å². The van der Waals surface area contributed by atoms with Gasteiger partial charge in [0.05, 0.1) is 16.4 Å². The number of nitrogens with zero attached hydrogens (tertiary/aromatic N) is 1. The summed E-state index contributed by atoms with van der Waals surface area (Å²) >= 11 is 0. The number of benzene rings is 7. The molecule has 0 fully saturated rings. The molecule has 0 saturated heterocycles. The SMILES string of the molecule is CC(C)(C)c1ccc(Nc2ccc(C(C)(C)C)cc2-c2c3c4c(c5cc6c(cc5n4-c4cc5c(cc4B3)-c3ccccc3C5(C)C)C(C)(C)CCC6(C)C)c3oc4ccccc4c23)cc1. The van der Waals surface area contributed by atoms with Gasteiger partial charge in [-0.15, -0.1) is 0 Å². The molecule has 65 heavy (non-hydrogen) atoms. The molecule has 0 atom stereocenters. The minimum atomic E-state index is -0.124. The number of anilines is 2. The second kappa shape index (κ2) is 13.1. The third-order valence-electron chi connectivity index (χ3n) is 16.2. The van der Waals surface area contributed by atoms with Crippen LogP contribution in [0.15, 0.2) is 120 Å². The molecule has 9 aromatic rings. The molecule has 2 aromatic heterocycles. The van der Waals surface area contributed by atoms with Crippen LogP contribution in [0.5, 0.6) is 0 Å². The largest absolute Gasteiger partial charge is 0.455 e. The lowest BCUT2D eigenvalue weighted by Crippen LogP contribution is -2.38. The topological polar surface area (TPSA) is 30.1 Å². The Labute approximate surface area is 385 Å². The molecular weight excluding hydrogens is 787 g/mol. The lowest BCUT2D eigenvalue weighted by molar-refractivity contribution is 0.332. The molecule has 1 aliphatic heterocycles. The van der Waals surface area contributed by atoms with Crippen molar-refractivity contribution in [1.82, 2.24) is 4.57 Å². The quantitative estimate of drug-likeness (QED) is 0.180. The van der Waals surface area contributed by atoms with Gasteiger partial charge in [-0.25, -0.2) is 0 Å². The number of rotatable bonds is 3. The Kier molecular flexibility index (Phi) is 8.16. The highest BCUT2D eigenvalue weighted by Crippen LogP contribution is 2.54. The summed E-state index contributed by atoms with van der Waals surface area (Å²) in [6.45, 7) is 28.5. The first-order valence-electron chi connectivity index (χ1n) is 24.0. The van der Waals surface area contributed by atoms with Gasteiger partial charge in [0.1, 0.15) is 11.2 Å². The van der Waals surface area contributed by atoms with Crippen molar-refractivity contribution in [3.8, 4) is 27.9 Å². The van der Waals surface area contributed by atoms with E-state index in [4.69, 9.17) is 4.42 Å². The third-order valence-corrected chi connectivity index (χ3v) is 16.2. The predicted molar refractivity (Wildman–Crippen MR) is 280 cm³/mol. The molecular formula is C61H61BN2O. The highest BCUT2D eigenvalue weighted by atomic mass is 16.3. The van der Waals surface area contributed by atoms with Crippen molar-refractivity contribution in [2.24, 2.45) is 0 Å². The molecule has 3 heterocycles. The first-order valence-corrected chi connectivity index (χ1v) is 24.0. The fourth-order valence-corrected chi connectivity index (χ4v) is 12.2. The summed E-state index contributed by atoms with van der Waals surface area (Å²) in [5.74, 6) is 0. The van der Waals surface area contributed by atoms with Gasteiger partial charge in [-0.05, 0) is 139 Å². The minimum absolute atomic E-state index is 0.0522. The van der Waals surface area contributed by atoms with Crippen LogP contribution in [0.4, 0.5) is 11.4 Å². The van der Waals surface area contributed by atoms with Crippen LogP contribution in [0, 0.1) is 0 Å². The van der Waals surface area contributed by atoms with E-state index in [0.717, 1.165) is 48.0 Å². The molecule has 0 radical (unpaired) electrons. The summed E-state index contributed by atoms with van der Waals surface area (Å²) in [7, 11) is 0.805. The zero-order valence-corrected chi connectivity index (χ0v) is 40.4. The minimum Gasteiger partial charge on any atom is -0.455 e. The van der Waals surface area contributed by atoms with E-state index in [1.54, 1.807) is 0 Å². The Balaban J connectivity index is 1.25. The molecule has 324 valence electrons. The van der Waals surface area contributed by atoms with Crippen LogP contribution in [0.3, 0.4) is 0 Å². The fourth-order valence-electron chi connectivity index (χ4n) is 12.2. The van der Waals surface area contributed by atoms with Crippen LogP contribution in [-0.4, -0.2) is 11.8 Å². The number of nitrogens with one attached hydrogen (secondary N) is 1. The van der Waals surface area contributed by atoms with E-state index < -0.39 is 0 Å². The number of furan rings is 1. The molecule has 0 bridgehead atoms. The van der Waals surface area contributed by atoms with Gasteiger partial charge in [-0.1, -0.05) is 155 Å². The van der Waals surface area contributed by atoms with Gasteiger partial charge >= 0.3 is 0 Å². The number of aromatic nitrogens is 1. The first-order chi connectivity index (χ1) is 30.7. The molecule has 0 saturated carbocycles. The van der Waals surface area contributed by atoms with Gasteiger partial charge in [0.2, 0.25) is 0 Å². The smallest absolute Gasteiger partial charge is 0.198 e. The van der Waals surface area contributed by atoms with Gasteiger partial charge < -0.3 is 14.3 Å². The van der Waals surface area contributed by atoms with E-state index in [1.807, 2.05) is 0 Å². The average Bonchev–Trinajstić information content (AvgIpc) is 3.88. The van der Waals surface area contributed by atoms with Crippen molar-refractivity contribution in [3.05, 3.63) is 149 Å². The van der Waals surface area contributed by atoms with Crippen molar-refractivity contribution in [2.75, 3.05) is 5.32 Å². The molecule has 3 nitrogen and oxygen atoms in total. The molecule has 4 heteroatoms. The highest BCUT2D eigenvalue weighted by Gasteiger charge is 2.41. The summed E-state index contributed by atoms with van der Waals surface area (Å²) in [5.41, 5.74) is 24.3. The predicted octanol–water partition coefficient (Wildman–Crippen LogP) is 15.0. The van der Waals surface area contributed by atoms with Crippen LogP contribution in [0.2, 0.25) is 0 Å². The molecule has 1 N–H and O–H groups in total. The van der Waals surface area contributed by atoms with E-state index >= 15 is 0 Å². The highest BCUT2D eigenvalue weighted by molar-refractivity contribution is 6.74. The monoisotopic (exact) mass is 848 g/mol. The van der Waals surface area contributed by atoms with Crippen LogP contribution < -0.4 is 16.2 Å². The van der Waals surface area contributed by atoms with Gasteiger partial charge in [-0.2, -0.15) is 0 Å². The van der Waals surface area contributed by atoms with Crippen LogP contribution in [0.1, 0.15) is 129 Å². The number of para-hydroxylation sites is 1. The molecule has 3 aliphatic rings. The van der Waals surface area contributed by atoms with Gasteiger partial charge in [0, 0.05) is 44.2 Å². The molecule has 0 spiro atoms. The number of hydrogen-bond acceptors (Lipinski definition) is 2. The van der Waals surface area contributed by atoms with Crippen molar-refractivity contribution < 1.29 is 4.42 Å². The first kappa shape index (κ1) is 40.5. The molecule has 0 unspecified atom stereocenters. The Hall–Kier alpha value is -6.00. The standard InChI is InChI=1S/C61H61BN2O/c1-57(2,3)34-21-24-36(25-22-34)63-47-26-23-35(58(4,5)6)29-40(47)51-52-38-18-14-16-20-50(38)65-56(52)53-41-30-44-45(60(9,10)28-27-59(44,7)8)33-48(41)64-49-32-43-39(31-46(49)62-54(51)55(53)64)37-17-13-15-19-42(37)61(43,11)12/h13-26,29-33,62-63H,27-28H2,1-12H3. The summed E-state index contributed by atoms with van der Waals surface area (Å²) in [4.78, 5) is 0. The van der Waals surface area contributed by atoms with Crippen molar-refractivity contribution in [3.63, 3.8) is 0 Å². The zero-order valence-electron chi connectivity index (χ0n) is 40.4. The van der Waals surface area contributed by atoms with Crippen LogP contribution >= 0.6 is 0 Å². The van der Waals surface area contributed by atoms with E-state index in [2.05, 4.69) is 208 Å². The Morgan fingerprint density at radius 2 is 1.25 bits per heavy atom. The lowest BCUT2D eigenvalue weighted by Gasteiger charge is -2.42. The van der Waals surface area contributed by atoms with Crippen LogP contribution in [-0.2, 0) is 27.1 Å². The zero-order chi connectivity index (χ0) is 45.3. The third kappa shape index (κ3) is 5.74. The van der Waals surface area contributed by atoms with E-state index in [9.17, 15) is 0 Å². The maximum Gasteiger partial charge on any atom is 0.198 e. The molecule has 0 amide bonds.